The maximum absolute atomic E-state index is 13.0. The Morgan fingerprint density at radius 2 is 1.77 bits per heavy atom. The molecule has 2 aromatic rings. The second kappa shape index (κ2) is 6.09. The zero-order chi connectivity index (χ0) is 15.7. The summed E-state index contributed by atoms with van der Waals surface area (Å²) in [4.78, 5) is 13.0. The molecular weight excluding hydrogens is 272 g/mol. The van der Waals surface area contributed by atoms with E-state index in [1.807, 2.05) is 11.5 Å². The summed E-state index contributed by atoms with van der Waals surface area (Å²) in [6.45, 7) is 4.38. The predicted molar refractivity (Wildman–Crippen MR) is 91.0 cm³/mol. The molecule has 1 aromatic heterocycles. The van der Waals surface area contributed by atoms with Crippen molar-refractivity contribution in [3.05, 3.63) is 57.4 Å². The number of rotatable bonds is 3. The smallest absolute Gasteiger partial charge is 0.256 e. The third-order valence-corrected chi connectivity index (χ3v) is 4.81. The molecule has 0 radical (unpaired) electrons. The molecule has 1 saturated carbocycles. The SMILES string of the molecule is Cc1ccc(-c2cc(C)c(CN)c(=O)n2C2CCCC2)cc1. The number of hydrogen-bond acceptors (Lipinski definition) is 2. The highest BCUT2D eigenvalue weighted by Gasteiger charge is 2.23. The van der Waals surface area contributed by atoms with E-state index in [4.69, 9.17) is 5.73 Å². The van der Waals surface area contributed by atoms with Crippen LogP contribution in [0.1, 0.15) is 48.4 Å². The molecule has 2 N–H and O–H groups in total. The molecule has 0 aliphatic heterocycles. The van der Waals surface area contributed by atoms with Crippen molar-refractivity contribution in [2.45, 2.75) is 52.1 Å². The largest absolute Gasteiger partial charge is 0.326 e. The molecular formula is C19H24N2O. The van der Waals surface area contributed by atoms with Gasteiger partial charge < -0.3 is 10.3 Å². The molecule has 3 nitrogen and oxygen atoms in total. The highest BCUT2D eigenvalue weighted by atomic mass is 16.1. The fraction of sp³-hybridized carbons (Fsp3) is 0.421. The maximum Gasteiger partial charge on any atom is 0.256 e. The number of pyridine rings is 1. The van der Waals surface area contributed by atoms with Gasteiger partial charge in [0.2, 0.25) is 0 Å². The van der Waals surface area contributed by atoms with Crippen LogP contribution >= 0.6 is 0 Å². The van der Waals surface area contributed by atoms with Gasteiger partial charge in [0.05, 0.1) is 5.69 Å². The Bertz CT molecular complexity index is 722. The monoisotopic (exact) mass is 296 g/mol. The van der Waals surface area contributed by atoms with Gasteiger partial charge in [-0.25, -0.2) is 0 Å². The molecule has 0 amide bonds. The van der Waals surface area contributed by atoms with Crippen molar-refractivity contribution >= 4 is 0 Å². The molecule has 1 aromatic carbocycles. The summed E-state index contributed by atoms with van der Waals surface area (Å²) in [5, 5.41) is 0. The van der Waals surface area contributed by atoms with E-state index >= 15 is 0 Å². The number of aromatic nitrogens is 1. The van der Waals surface area contributed by atoms with Crippen LogP contribution in [0.5, 0.6) is 0 Å². The Hall–Kier alpha value is -1.87. The van der Waals surface area contributed by atoms with Gasteiger partial charge in [-0.15, -0.1) is 0 Å². The number of nitrogens with zero attached hydrogens (tertiary/aromatic N) is 1. The Kier molecular flexibility index (Phi) is 4.16. The lowest BCUT2D eigenvalue weighted by molar-refractivity contribution is 0.504. The second-order valence-corrected chi connectivity index (χ2v) is 6.37. The molecule has 1 heterocycles. The van der Waals surface area contributed by atoms with Crippen LogP contribution in [0.25, 0.3) is 11.3 Å². The van der Waals surface area contributed by atoms with E-state index in [0.29, 0.717) is 12.6 Å². The molecule has 1 aliphatic rings. The van der Waals surface area contributed by atoms with E-state index in [1.165, 1.54) is 18.4 Å². The van der Waals surface area contributed by atoms with Gasteiger partial charge in [0.15, 0.2) is 0 Å². The van der Waals surface area contributed by atoms with Gasteiger partial charge in [0, 0.05) is 18.2 Å². The first kappa shape index (κ1) is 15.0. The molecule has 0 bridgehead atoms. The Labute approximate surface area is 131 Å². The number of nitrogens with two attached hydrogens (primary N) is 1. The van der Waals surface area contributed by atoms with Crippen LogP contribution in [0.4, 0.5) is 0 Å². The zero-order valence-electron chi connectivity index (χ0n) is 13.4. The van der Waals surface area contributed by atoms with Crippen LogP contribution in [0, 0.1) is 13.8 Å². The Morgan fingerprint density at radius 1 is 1.14 bits per heavy atom. The molecule has 116 valence electrons. The van der Waals surface area contributed by atoms with E-state index in [0.717, 1.165) is 35.2 Å². The minimum absolute atomic E-state index is 0.102. The average molecular weight is 296 g/mol. The molecule has 0 spiro atoms. The Balaban J connectivity index is 2.23. The topological polar surface area (TPSA) is 48.0 Å². The first-order chi connectivity index (χ1) is 10.6. The van der Waals surface area contributed by atoms with E-state index in [2.05, 4.69) is 37.3 Å². The zero-order valence-corrected chi connectivity index (χ0v) is 13.4. The Morgan fingerprint density at radius 3 is 2.36 bits per heavy atom. The lowest BCUT2D eigenvalue weighted by Crippen LogP contribution is -2.30. The molecule has 3 rings (SSSR count). The summed E-state index contributed by atoms with van der Waals surface area (Å²) < 4.78 is 2.01. The van der Waals surface area contributed by atoms with E-state index in [9.17, 15) is 4.79 Å². The van der Waals surface area contributed by atoms with Crippen LogP contribution in [-0.4, -0.2) is 4.57 Å². The summed E-state index contributed by atoms with van der Waals surface area (Å²) >= 11 is 0. The van der Waals surface area contributed by atoms with Crippen molar-refractivity contribution in [3.63, 3.8) is 0 Å². The number of benzene rings is 1. The molecule has 22 heavy (non-hydrogen) atoms. The minimum Gasteiger partial charge on any atom is -0.326 e. The summed E-state index contributed by atoms with van der Waals surface area (Å²) in [5.74, 6) is 0. The van der Waals surface area contributed by atoms with E-state index in [-0.39, 0.29) is 5.56 Å². The first-order valence-corrected chi connectivity index (χ1v) is 8.14. The first-order valence-electron chi connectivity index (χ1n) is 8.14. The average Bonchev–Trinajstić information content (AvgIpc) is 3.02. The van der Waals surface area contributed by atoms with Crippen molar-refractivity contribution in [2.75, 3.05) is 0 Å². The van der Waals surface area contributed by atoms with E-state index < -0.39 is 0 Å². The third-order valence-electron chi connectivity index (χ3n) is 4.81. The summed E-state index contributed by atoms with van der Waals surface area (Å²) in [7, 11) is 0. The molecule has 0 saturated heterocycles. The molecule has 0 unspecified atom stereocenters. The van der Waals surface area contributed by atoms with Crippen LogP contribution < -0.4 is 11.3 Å². The quantitative estimate of drug-likeness (QED) is 0.938. The summed E-state index contributed by atoms with van der Waals surface area (Å²) in [6, 6.07) is 10.9. The van der Waals surface area contributed by atoms with Crippen LogP contribution in [-0.2, 0) is 6.54 Å². The van der Waals surface area contributed by atoms with E-state index in [1.54, 1.807) is 0 Å². The predicted octanol–water partition coefficient (Wildman–Crippen LogP) is 3.71. The third kappa shape index (κ3) is 2.61. The lowest BCUT2D eigenvalue weighted by Gasteiger charge is -2.21. The molecule has 0 atom stereocenters. The highest BCUT2D eigenvalue weighted by Crippen LogP contribution is 2.33. The summed E-state index contributed by atoms with van der Waals surface area (Å²) in [6.07, 6.45) is 4.59. The van der Waals surface area contributed by atoms with Crippen LogP contribution in [0.2, 0.25) is 0 Å². The molecule has 1 fully saturated rings. The van der Waals surface area contributed by atoms with Gasteiger partial charge in [-0.05, 0) is 43.9 Å². The maximum atomic E-state index is 13.0. The van der Waals surface area contributed by atoms with Crippen molar-refractivity contribution in [1.29, 1.82) is 0 Å². The van der Waals surface area contributed by atoms with Crippen molar-refractivity contribution in [1.82, 2.24) is 4.57 Å². The van der Waals surface area contributed by atoms with Crippen molar-refractivity contribution < 1.29 is 0 Å². The second-order valence-electron chi connectivity index (χ2n) is 6.37. The highest BCUT2D eigenvalue weighted by molar-refractivity contribution is 5.61. The van der Waals surface area contributed by atoms with Gasteiger partial charge in [-0.1, -0.05) is 42.7 Å². The minimum atomic E-state index is 0.102. The van der Waals surface area contributed by atoms with Gasteiger partial charge in [-0.3, -0.25) is 4.79 Å². The van der Waals surface area contributed by atoms with Gasteiger partial charge in [0.25, 0.3) is 5.56 Å². The molecule has 1 aliphatic carbocycles. The van der Waals surface area contributed by atoms with Crippen LogP contribution in [0.15, 0.2) is 35.1 Å². The fourth-order valence-corrected chi connectivity index (χ4v) is 3.51. The normalized spacial score (nSPS) is 15.4. The van der Waals surface area contributed by atoms with Crippen molar-refractivity contribution in [3.8, 4) is 11.3 Å². The van der Waals surface area contributed by atoms with Gasteiger partial charge in [0.1, 0.15) is 0 Å². The molecule has 3 heteroatoms. The lowest BCUT2D eigenvalue weighted by atomic mass is 10.0. The van der Waals surface area contributed by atoms with Gasteiger partial charge >= 0.3 is 0 Å². The fourth-order valence-electron chi connectivity index (χ4n) is 3.51. The number of hydrogen-bond donors (Lipinski definition) is 1. The standard InChI is InChI=1S/C19H24N2O/c1-13-7-9-15(10-8-13)18-11-14(2)17(12-20)19(22)21(18)16-5-3-4-6-16/h7-11,16H,3-6,12,20H2,1-2H3. The van der Waals surface area contributed by atoms with Gasteiger partial charge in [-0.2, -0.15) is 0 Å². The number of aryl methyl sites for hydroxylation is 2. The van der Waals surface area contributed by atoms with Crippen LogP contribution in [0.3, 0.4) is 0 Å². The summed E-state index contributed by atoms with van der Waals surface area (Å²) in [5.41, 5.74) is 11.0. The van der Waals surface area contributed by atoms with Crippen molar-refractivity contribution in [2.24, 2.45) is 5.73 Å².